The summed E-state index contributed by atoms with van der Waals surface area (Å²) in [6.45, 7) is 2.18. The lowest BCUT2D eigenvalue weighted by atomic mass is 10.0. The van der Waals surface area contributed by atoms with Crippen molar-refractivity contribution in [3.63, 3.8) is 0 Å². The molecule has 1 heterocycles. The minimum atomic E-state index is -3.57. The molecule has 9 heteroatoms. The first kappa shape index (κ1) is 24.4. The average molecular weight is 467 g/mol. The third-order valence-electron chi connectivity index (χ3n) is 5.97. The van der Waals surface area contributed by atoms with Crippen molar-refractivity contribution in [2.45, 2.75) is 57.9 Å². The van der Waals surface area contributed by atoms with Crippen LogP contribution in [-0.4, -0.2) is 32.6 Å². The molecule has 176 valence electrons. The number of imide groups is 1. The Hall–Kier alpha value is -2.26. The van der Waals surface area contributed by atoms with Gasteiger partial charge in [-0.3, -0.25) is 14.9 Å². The zero-order valence-electron chi connectivity index (χ0n) is 18.3. The summed E-state index contributed by atoms with van der Waals surface area (Å²) in [7, 11) is -3.57. The van der Waals surface area contributed by atoms with Crippen LogP contribution in [0.25, 0.3) is 0 Å². The van der Waals surface area contributed by atoms with Gasteiger partial charge < -0.3 is 4.74 Å². The largest absolute Gasteiger partial charge is 0.490 e. The number of nitrogens with one attached hydrogen (secondary N) is 2. The minimum Gasteiger partial charge on any atom is -0.490 e. The van der Waals surface area contributed by atoms with Gasteiger partial charge in [0.25, 0.3) is 0 Å². The maximum Gasteiger partial charge on any atom is 0.230 e. The smallest absolute Gasteiger partial charge is 0.230 e. The number of halogens is 1. The number of amides is 2. The van der Waals surface area contributed by atoms with E-state index in [2.05, 4.69) is 10.0 Å². The predicted octanol–water partition coefficient (Wildman–Crippen LogP) is 3.37. The van der Waals surface area contributed by atoms with Crippen molar-refractivity contribution in [1.29, 1.82) is 0 Å². The number of hydrogen-bond donors (Lipinski definition) is 2. The van der Waals surface area contributed by atoms with Gasteiger partial charge in [0.05, 0.1) is 18.3 Å². The SMILES string of the molecule is C[C@@H](NS(=O)(=O)CC/C=C/CC1CC(=O)NC1=O)c1ccc(F)c(OCC2CCCC2)c1. The summed E-state index contributed by atoms with van der Waals surface area (Å²) in [6.07, 6.45) is 8.84. The molecule has 1 saturated heterocycles. The Morgan fingerprint density at radius 1 is 1.25 bits per heavy atom. The van der Waals surface area contributed by atoms with Crippen LogP contribution in [0.3, 0.4) is 0 Å². The van der Waals surface area contributed by atoms with Gasteiger partial charge >= 0.3 is 0 Å². The molecule has 0 aromatic heterocycles. The lowest BCUT2D eigenvalue weighted by molar-refractivity contribution is -0.125. The number of carbonyl (C=O) groups excluding carboxylic acids is 2. The maximum atomic E-state index is 14.1. The van der Waals surface area contributed by atoms with Crippen LogP contribution in [0.1, 0.15) is 63.5 Å². The molecular formula is C23H31FN2O5S. The number of rotatable bonds is 11. The zero-order valence-corrected chi connectivity index (χ0v) is 19.1. The first-order valence-electron chi connectivity index (χ1n) is 11.1. The molecule has 1 aliphatic heterocycles. The first-order chi connectivity index (χ1) is 15.2. The van der Waals surface area contributed by atoms with Crippen LogP contribution >= 0.6 is 0 Å². The topological polar surface area (TPSA) is 102 Å². The fourth-order valence-electron chi connectivity index (χ4n) is 4.08. The van der Waals surface area contributed by atoms with Crippen molar-refractivity contribution in [3.8, 4) is 5.75 Å². The van der Waals surface area contributed by atoms with E-state index < -0.39 is 21.9 Å². The molecule has 1 aromatic carbocycles. The van der Waals surface area contributed by atoms with E-state index in [1.807, 2.05) is 0 Å². The third-order valence-corrected chi connectivity index (χ3v) is 7.45. The van der Waals surface area contributed by atoms with E-state index in [1.54, 1.807) is 31.2 Å². The summed E-state index contributed by atoms with van der Waals surface area (Å²) in [4.78, 5) is 22.7. The molecule has 3 rings (SSSR count). The van der Waals surface area contributed by atoms with Gasteiger partial charge in [0, 0.05) is 12.5 Å². The molecule has 32 heavy (non-hydrogen) atoms. The van der Waals surface area contributed by atoms with E-state index in [1.165, 1.54) is 18.9 Å². The second kappa shape index (κ2) is 11.0. The highest BCUT2D eigenvalue weighted by atomic mass is 32.2. The van der Waals surface area contributed by atoms with E-state index in [9.17, 15) is 22.4 Å². The second-order valence-electron chi connectivity index (χ2n) is 8.62. The summed E-state index contributed by atoms with van der Waals surface area (Å²) in [5.41, 5.74) is 0.629. The molecule has 2 atom stereocenters. The fraction of sp³-hybridized carbons (Fsp3) is 0.565. The lowest BCUT2D eigenvalue weighted by Crippen LogP contribution is -2.29. The minimum absolute atomic E-state index is 0.115. The van der Waals surface area contributed by atoms with Crippen LogP contribution in [-0.2, 0) is 19.6 Å². The van der Waals surface area contributed by atoms with Gasteiger partial charge in [-0.2, -0.15) is 0 Å². The monoisotopic (exact) mass is 466 g/mol. The molecule has 1 unspecified atom stereocenters. The van der Waals surface area contributed by atoms with Gasteiger partial charge in [-0.05, 0) is 56.2 Å². The number of ether oxygens (including phenoxy) is 1. The Kier molecular flexibility index (Phi) is 8.42. The molecule has 2 amide bonds. The molecule has 2 fully saturated rings. The van der Waals surface area contributed by atoms with Gasteiger partial charge in [0.2, 0.25) is 21.8 Å². The summed E-state index contributed by atoms with van der Waals surface area (Å²) in [6, 6.07) is 3.88. The van der Waals surface area contributed by atoms with Gasteiger partial charge in [-0.15, -0.1) is 0 Å². The number of benzene rings is 1. The van der Waals surface area contributed by atoms with Crippen LogP contribution in [0.4, 0.5) is 4.39 Å². The van der Waals surface area contributed by atoms with Gasteiger partial charge in [-0.25, -0.2) is 17.5 Å². The fourth-order valence-corrected chi connectivity index (χ4v) is 5.32. The highest BCUT2D eigenvalue weighted by Crippen LogP contribution is 2.28. The third kappa shape index (κ3) is 7.13. The average Bonchev–Trinajstić information content (AvgIpc) is 3.35. The van der Waals surface area contributed by atoms with Crippen LogP contribution < -0.4 is 14.8 Å². The van der Waals surface area contributed by atoms with Crippen molar-refractivity contribution < 1.29 is 27.1 Å². The van der Waals surface area contributed by atoms with Crippen molar-refractivity contribution in [1.82, 2.24) is 10.0 Å². The Bertz CT molecular complexity index is 957. The van der Waals surface area contributed by atoms with E-state index in [-0.39, 0.29) is 42.1 Å². The molecule has 0 spiro atoms. The Morgan fingerprint density at radius 3 is 2.69 bits per heavy atom. The molecule has 2 aliphatic rings. The molecule has 2 N–H and O–H groups in total. The normalized spacial score (nSPS) is 20.8. The van der Waals surface area contributed by atoms with Crippen molar-refractivity contribution in [2.75, 3.05) is 12.4 Å². The van der Waals surface area contributed by atoms with Crippen LogP contribution in [0, 0.1) is 17.7 Å². The summed E-state index contributed by atoms with van der Waals surface area (Å²) < 4.78 is 47.3. The lowest BCUT2D eigenvalue weighted by Gasteiger charge is -2.17. The Labute approximate surface area is 188 Å². The number of sulfonamides is 1. The van der Waals surface area contributed by atoms with Crippen LogP contribution in [0.15, 0.2) is 30.4 Å². The summed E-state index contributed by atoms with van der Waals surface area (Å²) >= 11 is 0. The molecule has 0 radical (unpaired) electrons. The molecular weight excluding hydrogens is 435 g/mol. The van der Waals surface area contributed by atoms with Gasteiger partial charge in [-0.1, -0.05) is 31.1 Å². The highest BCUT2D eigenvalue weighted by molar-refractivity contribution is 7.89. The maximum absolute atomic E-state index is 14.1. The molecule has 1 aromatic rings. The Morgan fingerprint density at radius 2 is 2.00 bits per heavy atom. The summed E-state index contributed by atoms with van der Waals surface area (Å²) in [5, 5.41) is 2.25. The highest BCUT2D eigenvalue weighted by Gasteiger charge is 2.29. The van der Waals surface area contributed by atoms with Crippen LogP contribution in [0.2, 0.25) is 0 Å². The number of hydrogen-bond acceptors (Lipinski definition) is 5. The van der Waals surface area contributed by atoms with E-state index in [4.69, 9.17) is 4.74 Å². The molecule has 0 bridgehead atoms. The quantitative estimate of drug-likeness (QED) is 0.385. The van der Waals surface area contributed by atoms with E-state index in [0.29, 0.717) is 24.5 Å². The zero-order chi connectivity index (χ0) is 23.1. The Balaban J connectivity index is 1.47. The first-order valence-corrected chi connectivity index (χ1v) is 12.8. The number of allylic oxidation sites excluding steroid dienone is 2. The van der Waals surface area contributed by atoms with Crippen molar-refractivity contribution >= 4 is 21.8 Å². The van der Waals surface area contributed by atoms with E-state index >= 15 is 0 Å². The standard InChI is InChI=1S/C23H31FN2O5S/c1-16(18-10-11-20(24)21(13-18)31-15-17-7-4-5-8-17)26-32(29,30)12-6-2-3-9-19-14-22(27)25-23(19)28/h2-3,10-11,13,16-17,19,26H,4-9,12,14-15H2,1H3,(H,25,27,28)/b3-2+/t16-,19?/m1/s1. The predicted molar refractivity (Wildman–Crippen MR) is 119 cm³/mol. The number of carbonyl (C=O) groups is 2. The summed E-state index contributed by atoms with van der Waals surface area (Å²) in [5.74, 6) is -0.906. The molecule has 1 saturated carbocycles. The van der Waals surface area contributed by atoms with Crippen molar-refractivity contribution in [3.05, 3.63) is 41.7 Å². The molecule has 7 nitrogen and oxygen atoms in total. The van der Waals surface area contributed by atoms with Gasteiger partial charge in [0.1, 0.15) is 0 Å². The van der Waals surface area contributed by atoms with Gasteiger partial charge in [0.15, 0.2) is 11.6 Å². The second-order valence-corrected chi connectivity index (χ2v) is 10.5. The van der Waals surface area contributed by atoms with Crippen molar-refractivity contribution in [2.24, 2.45) is 11.8 Å². The van der Waals surface area contributed by atoms with E-state index in [0.717, 1.165) is 12.8 Å². The molecule has 1 aliphatic carbocycles. The van der Waals surface area contributed by atoms with Crippen LogP contribution in [0.5, 0.6) is 5.75 Å².